The molecule has 2 aliphatic heterocycles. The van der Waals surface area contributed by atoms with Crippen LogP contribution in [0.25, 0.3) is 5.13 Å². The minimum Gasteiger partial charge on any atom is -0.367 e. The van der Waals surface area contributed by atoms with Crippen LogP contribution in [0.4, 0.5) is 15.2 Å². The second kappa shape index (κ2) is 11.2. The number of nitrogens with zero attached hydrogens (tertiary/aromatic N) is 6. The lowest BCUT2D eigenvalue weighted by Crippen LogP contribution is -2.47. The molecule has 0 radical (unpaired) electrons. The fourth-order valence-electron chi connectivity index (χ4n) is 4.81. The first kappa shape index (κ1) is 23.7. The smallest absolute Gasteiger partial charge is 0.223 e. The minimum absolute atomic E-state index is 0.0624. The van der Waals surface area contributed by atoms with E-state index in [2.05, 4.69) is 30.2 Å². The fraction of sp³-hybridized carbons (Fsp3) is 0.480. The van der Waals surface area contributed by atoms with E-state index in [4.69, 9.17) is 0 Å². The van der Waals surface area contributed by atoms with Gasteiger partial charge in [-0.3, -0.25) is 14.3 Å². The number of para-hydroxylation sites is 1. The van der Waals surface area contributed by atoms with Gasteiger partial charge in [0.25, 0.3) is 0 Å². The molecule has 35 heavy (non-hydrogen) atoms. The standard InChI is InChI=1S/C25H32FN7OS/c26-21-6-1-2-7-22(21)31-18-16-30(17-19-31)11-5-10-27-23(34)20-8-14-33(15-9-20)25-29-28-24(35-25)32-12-3-4-13-32/h1-4,6-7,12-13,20H,5,8-11,14-19H2,(H,27,34). The zero-order chi connectivity index (χ0) is 24.0. The van der Waals surface area contributed by atoms with Crippen LogP contribution in [0.2, 0.25) is 0 Å². The van der Waals surface area contributed by atoms with E-state index in [0.717, 1.165) is 75.3 Å². The number of benzene rings is 1. The van der Waals surface area contributed by atoms with E-state index in [-0.39, 0.29) is 17.6 Å². The Kier molecular flexibility index (Phi) is 7.58. The second-order valence-electron chi connectivity index (χ2n) is 9.14. The molecule has 2 fully saturated rings. The summed E-state index contributed by atoms with van der Waals surface area (Å²) in [5.41, 5.74) is 0.693. The molecule has 1 N–H and O–H groups in total. The number of piperidine rings is 1. The minimum atomic E-state index is -0.153. The van der Waals surface area contributed by atoms with E-state index in [1.54, 1.807) is 17.4 Å². The van der Waals surface area contributed by atoms with Crippen LogP contribution in [0.1, 0.15) is 19.3 Å². The summed E-state index contributed by atoms with van der Waals surface area (Å²) in [5.74, 6) is 0.0752. The van der Waals surface area contributed by atoms with Crippen LogP contribution in [0.15, 0.2) is 48.8 Å². The first-order chi connectivity index (χ1) is 17.2. The van der Waals surface area contributed by atoms with Gasteiger partial charge in [0.15, 0.2) is 0 Å². The van der Waals surface area contributed by atoms with E-state index in [1.165, 1.54) is 6.07 Å². The fourth-order valence-corrected chi connectivity index (χ4v) is 5.68. The largest absolute Gasteiger partial charge is 0.367 e. The van der Waals surface area contributed by atoms with E-state index < -0.39 is 0 Å². The van der Waals surface area contributed by atoms with Crippen molar-refractivity contribution in [1.29, 1.82) is 0 Å². The Morgan fingerprint density at radius 3 is 2.40 bits per heavy atom. The Labute approximate surface area is 209 Å². The van der Waals surface area contributed by atoms with E-state index in [1.807, 2.05) is 41.2 Å². The van der Waals surface area contributed by atoms with E-state index in [9.17, 15) is 9.18 Å². The average Bonchev–Trinajstić information content (AvgIpc) is 3.60. The number of rotatable bonds is 8. The van der Waals surface area contributed by atoms with Crippen molar-refractivity contribution in [3.8, 4) is 5.13 Å². The molecule has 0 bridgehead atoms. The third-order valence-corrected chi connectivity index (χ3v) is 7.88. The van der Waals surface area contributed by atoms with Gasteiger partial charge in [0, 0.05) is 64.1 Å². The quantitative estimate of drug-likeness (QED) is 0.483. The summed E-state index contributed by atoms with van der Waals surface area (Å²) in [5, 5.41) is 13.5. The molecular weight excluding hydrogens is 465 g/mol. The van der Waals surface area contributed by atoms with Gasteiger partial charge in [-0.05, 0) is 50.1 Å². The number of nitrogens with one attached hydrogen (secondary N) is 1. The number of carbonyl (C=O) groups is 1. The number of halogens is 1. The van der Waals surface area contributed by atoms with Crippen LogP contribution >= 0.6 is 11.3 Å². The lowest BCUT2D eigenvalue weighted by molar-refractivity contribution is -0.125. The lowest BCUT2D eigenvalue weighted by atomic mass is 9.96. The summed E-state index contributed by atoms with van der Waals surface area (Å²) in [7, 11) is 0. The highest BCUT2D eigenvalue weighted by atomic mass is 32.1. The number of anilines is 2. The molecule has 2 aliphatic rings. The van der Waals surface area contributed by atoms with E-state index >= 15 is 0 Å². The van der Waals surface area contributed by atoms with Crippen LogP contribution in [-0.4, -0.2) is 77.9 Å². The molecular formula is C25H32FN7OS. The van der Waals surface area contributed by atoms with Gasteiger partial charge in [0.2, 0.25) is 16.2 Å². The van der Waals surface area contributed by atoms with Gasteiger partial charge in [-0.25, -0.2) is 4.39 Å². The van der Waals surface area contributed by atoms with Crippen molar-refractivity contribution in [3.05, 3.63) is 54.6 Å². The maximum Gasteiger partial charge on any atom is 0.223 e. The van der Waals surface area contributed by atoms with Crippen LogP contribution < -0.4 is 15.1 Å². The number of piperazine rings is 1. The highest BCUT2D eigenvalue weighted by Gasteiger charge is 2.27. The van der Waals surface area contributed by atoms with Gasteiger partial charge in [-0.15, -0.1) is 10.2 Å². The van der Waals surface area contributed by atoms with Crippen molar-refractivity contribution in [3.63, 3.8) is 0 Å². The molecule has 3 aromatic rings. The lowest BCUT2D eigenvalue weighted by Gasteiger charge is -2.36. The van der Waals surface area contributed by atoms with Gasteiger partial charge < -0.3 is 15.1 Å². The maximum absolute atomic E-state index is 14.0. The van der Waals surface area contributed by atoms with Crippen LogP contribution in [0, 0.1) is 11.7 Å². The highest BCUT2D eigenvalue weighted by molar-refractivity contribution is 7.17. The third kappa shape index (κ3) is 5.82. The molecule has 1 amide bonds. The molecule has 0 spiro atoms. The monoisotopic (exact) mass is 497 g/mol. The highest BCUT2D eigenvalue weighted by Crippen LogP contribution is 2.28. The van der Waals surface area contributed by atoms with Gasteiger partial charge in [-0.2, -0.15) is 0 Å². The predicted molar refractivity (Wildman–Crippen MR) is 137 cm³/mol. The maximum atomic E-state index is 14.0. The molecule has 2 aromatic heterocycles. The molecule has 8 nitrogen and oxygen atoms in total. The molecule has 4 heterocycles. The van der Waals surface area contributed by atoms with Gasteiger partial charge in [-0.1, -0.05) is 23.5 Å². The third-order valence-electron chi connectivity index (χ3n) is 6.88. The van der Waals surface area contributed by atoms with Gasteiger partial charge >= 0.3 is 0 Å². The zero-order valence-corrected chi connectivity index (χ0v) is 20.7. The van der Waals surface area contributed by atoms with Crippen molar-refractivity contribution < 1.29 is 9.18 Å². The second-order valence-corrected chi connectivity index (χ2v) is 10.1. The number of hydrogen-bond donors (Lipinski definition) is 1. The Hall–Kier alpha value is -2.98. The van der Waals surface area contributed by atoms with Crippen LogP contribution in [-0.2, 0) is 4.79 Å². The number of carbonyl (C=O) groups excluding carboxylic acids is 1. The van der Waals surface area contributed by atoms with Crippen molar-refractivity contribution >= 4 is 28.1 Å². The number of amides is 1. The molecule has 0 saturated carbocycles. The molecule has 0 aliphatic carbocycles. The summed E-state index contributed by atoms with van der Waals surface area (Å²) in [6.07, 6.45) is 6.53. The number of aromatic nitrogens is 3. The topological polar surface area (TPSA) is 69.5 Å². The van der Waals surface area contributed by atoms with Crippen LogP contribution in [0.3, 0.4) is 0 Å². The Balaban J connectivity index is 0.980. The van der Waals surface area contributed by atoms with Crippen molar-refractivity contribution in [2.75, 3.05) is 62.2 Å². The van der Waals surface area contributed by atoms with Crippen molar-refractivity contribution in [2.24, 2.45) is 5.92 Å². The van der Waals surface area contributed by atoms with Gasteiger partial charge in [0.05, 0.1) is 5.69 Å². The molecule has 186 valence electrons. The summed E-state index contributed by atoms with van der Waals surface area (Å²) >= 11 is 1.58. The Bertz CT molecular complexity index is 1090. The summed E-state index contributed by atoms with van der Waals surface area (Å²) < 4.78 is 16.0. The number of hydrogen-bond acceptors (Lipinski definition) is 7. The SMILES string of the molecule is O=C(NCCCN1CCN(c2ccccc2F)CC1)C1CCN(c2nnc(-n3cccc3)s2)CC1. The zero-order valence-electron chi connectivity index (χ0n) is 19.9. The first-order valence-electron chi connectivity index (χ1n) is 12.4. The van der Waals surface area contributed by atoms with Crippen molar-refractivity contribution in [1.82, 2.24) is 25.0 Å². The Morgan fingerprint density at radius 2 is 1.66 bits per heavy atom. The summed E-state index contributed by atoms with van der Waals surface area (Å²) in [6.45, 7) is 6.78. The van der Waals surface area contributed by atoms with E-state index in [0.29, 0.717) is 12.2 Å². The predicted octanol–water partition coefficient (Wildman–Crippen LogP) is 3.01. The summed E-state index contributed by atoms with van der Waals surface area (Å²) in [6, 6.07) is 10.9. The molecule has 5 rings (SSSR count). The van der Waals surface area contributed by atoms with Crippen molar-refractivity contribution in [2.45, 2.75) is 19.3 Å². The molecule has 2 saturated heterocycles. The first-order valence-corrected chi connectivity index (χ1v) is 13.2. The normalized spacial score (nSPS) is 17.6. The van der Waals surface area contributed by atoms with Gasteiger partial charge in [0.1, 0.15) is 5.82 Å². The Morgan fingerprint density at radius 1 is 0.943 bits per heavy atom. The molecule has 10 heteroatoms. The molecule has 0 atom stereocenters. The molecule has 1 aromatic carbocycles. The average molecular weight is 498 g/mol. The summed E-state index contributed by atoms with van der Waals surface area (Å²) in [4.78, 5) is 19.4. The molecule has 0 unspecified atom stereocenters. The van der Waals surface area contributed by atoms with Crippen LogP contribution in [0.5, 0.6) is 0 Å².